The number of benzene rings is 1. The zero-order chi connectivity index (χ0) is 13.6. The van der Waals surface area contributed by atoms with Gasteiger partial charge < -0.3 is 0 Å². The third kappa shape index (κ3) is 2.18. The molecule has 1 unspecified atom stereocenters. The molecule has 0 radical (unpaired) electrons. The monoisotopic (exact) mass is 252 g/mol. The molecule has 3 rings (SSSR count). The lowest BCUT2D eigenvalue weighted by atomic mass is 9.89. The van der Waals surface area contributed by atoms with Crippen LogP contribution in [0.15, 0.2) is 18.2 Å². The van der Waals surface area contributed by atoms with Gasteiger partial charge >= 0.3 is 0 Å². The predicted octanol–water partition coefficient (Wildman–Crippen LogP) is 5.50. The lowest BCUT2D eigenvalue weighted by Crippen LogP contribution is -1.98. The molecule has 100 valence electrons. The molecule has 1 atom stereocenters. The highest BCUT2D eigenvalue weighted by atomic mass is 14.3. The second-order valence-corrected chi connectivity index (χ2v) is 6.38. The third-order valence-corrected chi connectivity index (χ3v) is 4.95. The van der Waals surface area contributed by atoms with Crippen LogP contribution < -0.4 is 0 Å². The summed E-state index contributed by atoms with van der Waals surface area (Å²) in [4.78, 5) is 0. The highest BCUT2D eigenvalue weighted by Crippen LogP contribution is 2.41. The number of allylic oxidation sites excluding steroid dienone is 1. The molecule has 0 aliphatic heterocycles. The molecule has 0 nitrogen and oxygen atoms in total. The van der Waals surface area contributed by atoms with E-state index in [1.165, 1.54) is 42.4 Å². The van der Waals surface area contributed by atoms with Crippen molar-refractivity contribution in [2.75, 3.05) is 0 Å². The Morgan fingerprint density at radius 1 is 1.32 bits per heavy atom. The molecule has 0 N–H and O–H groups in total. The molecular formula is C19H24. The van der Waals surface area contributed by atoms with Crippen LogP contribution in [0.3, 0.4) is 0 Å². The molecule has 0 spiro atoms. The van der Waals surface area contributed by atoms with Crippen LogP contribution >= 0.6 is 0 Å². The first-order valence-corrected chi connectivity index (χ1v) is 7.58. The van der Waals surface area contributed by atoms with Gasteiger partial charge in [0.15, 0.2) is 0 Å². The summed E-state index contributed by atoms with van der Waals surface area (Å²) in [6.07, 6.45) is 9.77. The number of fused-ring (bicyclic) bond motifs is 1. The Labute approximate surface area is 117 Å². The molecule has 1 fully saturated rings. The van der Waals surface area contributed by atoms with Gasteiger partial charge in [-0.1, -0.05) is 37.3 Å². The molecule has 0 heterocycles. The minimum Gasteiger partial charge on any atom is -0.0984 e. The predicted molar refractivity (Wildman–Crippen MR) is 84.4 cm³/mol. The fraction of sp³-hybridized carbons (Fsp3) is 0.474. The average Bonchev–Trinajstić information content (AvgIpc) is 3.17. The fourth-order valence-corrected chi connectivity index (χ4v) is 3.60. The lowest BCUT2D eigenvalue weighted by molar-refractivity contribution is 0.744. The minimum absolute atomic E-state index is 0.724. The van der Waals surface area contributed by atoms with Crippen molar-refractivity contribution in [1.29, 1.82) is 0 Å². The normalized spacial score (nSPS) is 22.5. The maximum atomic E-state index is 4.02. The summed E-state index contributed by atoms with van der Waals surface area (Å²) in [6, 6.07) is 2.38. The van der Waals surface area contributed by atoms with Crippen molar-refractivity contribution in [3.63, 3.8) is 0 Å². The molecule has 2 aliphatic carbocycles. The van der Waals surface area contributed by atoms with Crippen LogP contribution in [0.1, 0.15) is 66.8 Å². The van der Waals surface area contributed by atoms with E-state index < -0.39 is 0 Å². The molecular weight excluding hydrogens is 228 g/mol. The standard InChI is InChI=1S/C19H24/c1-5-15-11-17-7-6-12(2)19(17)14(4)18(15)10-13(3)16-8-9-16/h5,10-12,16H,1,6-9H2,2-4H3/b13-10+. The second-order valence-electron chi connectivity index (χ2n) is 6.38. The van der Waals surface area contributed by atoms with Crippen LogP contribution in [-0.2, 0) is 6.42 Å². The van der Waals surface area contributed by atoms with Gasteiger partial charge in [-0.3, -0.25) is 0 Å². The molecule has 0 amide bonds. The molecule has 0 heteroatoms. The van der Waals surface area contributed by atoms with E-state index in [0.717, 1.165) is 11.8 Å². The SMILES string of the molecule is C=Cc1cc2c(c(C)c1/C=C(\C)C1CC1)C(C)CC2. The number of hydrogen-bond donors (Lipinski definition) is 0. The van der Waals surface area contributed by atoms with E-state index in [0.29, 0.717) is 0 Å². The van der Waals surface area contributed by atoms with E-state index in [9.17, 15) is 0 Å². The largest absolute Gasteiger partial charge is 0.0984 e. The Morgan fingerprint density at radius 2 is 2.05 bits per heavy atom. The van der Waals surface area contributed by atoms with Gasteiger partial charge in [0.1, 0.15) is 0 Å². The molecule has 19 heavy (non-hydrogen) atoms. The van der Waals surface area contributed by atoms with Crippen molar-refractivity contribution >= 4 is 12.2 Å². The zero-order valence-electron chi connectivity index (χ0n) is 12.4. The molecule has 0 saturated heterocycles. The first-order valence-electron chi connectivity index (χ1n) is 7.58. The summed E-state index contributed by atoms with van der Waals surface area (Å²) in [6.45, 7) is 11.0. The van der Waals surface area contributed by atoms with Gasteiger partial charge in [-0.05, 0) is 79.2 Å². The van der Waals surface area contributed by atoms with Crippen LogP contribution in [0.4, 0.5) is 0 Å². The van der Waals surface area contributed by atoms with Crippen molar-refractivity contribution < 1.29 is 0 Å². The van der Waals surface area contributed by atoms with Crippen molar-refractivity contribution in [2.24, 2.45) is 5.92 Å². The molecule has 1 saturated carbocycles. The van der Waals surface area contributed by atoms with Crippen LogP contribution in [-0.4, -0.2) is 0 Å². The first kappa shape index (κ1) is 12.7. The highest BCUT2D eigenvalue weighted by molar-refractivity contribution is 5.72. The third-order valence-electron chi connectivity index (χ3n) is 4.95. The summed E-state index contributed by atoms with van der Waals surface area (Å²) in [5.74, 6) is 1.57. The molecule has 0 bridgehead atoms. The van der Waals surface area contributed by atoms with Gasteiger partial charge in [-0.25, -0.2) is 0 Å². The van der Waals surface area contributed by atoms with E-state index >= 15 is 0 Å². The van der Waals surface area contributed by atoms with Gasteiger partial charge in [-0.2, -0.15) is 0 Å². The summed E-state index contributed by atoms with van der Waals surface area (Å²) < 4.78 is 0. The van der Waals surface area contributed by atoms with E-state index in [1.807, 2.05) is 6.08 Å². The maximum Gasteiger partial charge on any atom is -0.0152 e. The van der Waals surface area contributed by atoms with Crippen LogP contribution in [0, 0.1) is 12.8 Å². The first-order chi connectivity index (χ1) is 9.11. The van der Waals surface area contributed by atoms with Crippen LogP contribution in [0.2, 0.25) is 0 Å². The van der Waals surface area contributed by atoms with Crippen molar-refractivity contribution in [3.8, 4) is 0 Å². The number of aryl methyl sites for hydroxylation is 1. The summed E-state index contributed by atoms with van der Waals surface area (Å²) >= 11 is 0. The van der Waals surface area contributed by atoms with Crippen molar-refractivity contribution in [2.45, 2.75) is 52.4 Å². The molecule has 1 aromatic carbocycles. The van der Waals surface area contributed by atoms with Gasteiger partial charge in [0, 0.05) is 0 Å². The number of hydrogen-bond acceptors (Lipinski definition) is 0. The lowest BCUT2D eigenvalue weighted by Gasteiger charge is -2.16. The maximum absolute atomic E-state index is 4.02. The minimum atomic E-state index is 0.724. The van der Waals surface area contributed by atoms with Crippen LogP contribution in [0.5, 0.6) is 0 Å². The summed E-state index contributed by atoms with van der Waals surface area (Å²) in [7, 11) is 0. The smallest absolute Gasteiger partial charge is 0.0152 e. The molecule has 1 aromatic rings. The Hall–Kier alpha value is -1.30. The Kier molecular flexibility index (Phi) is 3.12. The van der Waals surface area contributed by atoms with Crippen LogP contribution in [0.25, 0.3) is 12.2 Å². The Bertz CT molecular complexity index is 556. The molecule has 2 aliphatic rings. The summed E-state index contributed by atoms with van der Waals surface area (Å²) in [5.41, 5.74) is 8.97. The molecule has 0 aromatic heterocycles. The fourth-order valence-electron chi connectivity index (χ4n) is 3.60. The summed E-state index contributed by atoms with van der Waals surface area (Å²) in [5, 5.41) is 0. The topological polar surface area (TPSA) is 0 Å². The van der Waals surface area contributed by atoms with E-state index in [-0.39, 0.29) is 0 Å². The van der Waals surface area contributed by atoms with E-state index in [1.54, 1.807) is 16.7 Å². The van der Waals surface area contributed by atoms with Gasteiger partial charge in [0.05, 0.1) is 0 Å². The van der Waals surface area contributed by atoms with E-state index in [4.69, 9.17) is 0 Å². The van der Waals surface area contributed by atoms with Gasteiger partial charge in [0.25, 0.3) is 0 Å². The van der Waals surface area contributed by atoms with Crippen molar-refractivity contribution in [1.82, 2.24) is 0 Å². The van der Waals surface area contributed by atoms with Crippen molar-refractivity contribution in [3.05, 3.63) is 46.0 Å². The Balaban J connectivity index is 2.14. The highest BCUT2D eigenvalue weighted by Gasteiger charge is 2.25. The Morgan fingerprint density at radius 3 is 2.68 bits per heavy atom. The average molecular weight is 252 g/mol. The zero-order valence-corrected chi connectivity index (χ0v) is 12.4. The van der Waals surface area contributed by atoms with Gasteiger partial charge in [-0.15, -0.1) is 0 Å². The second kappa shape index (κ2) is 4.67. The van der Waals surface area contributed by atoms with E-state index in [2.05, 4.69) is 39.5 Å². The van der Waals surface area contributed by atoms with Gasteiger partial charge in [0.2, 0.25) is 0 Å². The quantitative estimate of drug-likeness (QED) is 0.666. The number of rotatable bonds is 3.